The minimum absolute atomic E-state index is 0.0234. The van der Waals surface area contributed by atoms with Crippen LogP contribution in [0.25, 0.3) is 0 Å². The van der Waals surface area contributed by atoms with Crippen molar-refractivity contribution in [2.75, 3.05) is 26.7 Å². The predicted octanol–water partition coefficient (Wildman–Crippen LogP) is 6.30. The van der Waals surface area contributed by atoms with E-state index in [1.54, 1.807) is 0 Å². The maximum Gasteiger partial charge on any atom is 0.317 e. The number of nitrogens with zero attached hydrogens (tertiary/aromatic N) is 1. The first kappa shape index (κ1) is 28.4. The van der Waals surface area contributed by atoms with Crippen molar-refractivity contribution in [3.8, 4) is 11.5 Å². The zero-order valence-electron chi connectivity index (χ0n) is 23.5. The molecule has 6 heteroatoms. The number of likely N-dealkylation sites (N-methyl/N-ethyl adjacent to an activating group) is 1. The van der Waals surface area contributed by atoms with Gasteiger partial charge < -0.3 is 25.4 Å². The van der Waals surface area contributed by atoms with E-state index in [1.807, 2.05) is 66.5 Å². The molecule has 2 fully saturated rings. The standard InChI is InChI=1S/C32H47N3O3/c1-24(2)21-27(22-33-3)34-31(36)35-20-10-12-26(23-35)32(37,19-9-11-25-17-18-25)29-15-7-8-16-30(29)38-28-13-5-4-6-14-28/h4-8,13-16,24-27,33,37H,9-12,17-23H2,1-3H3,(H,34,36)/t26-,27+,32+/m1/s1. The van der Waals surface area contributed by atoms with Gasteiger partial charge in [-0.1, -0.05) is 69.5 Å². The van der Waals surface area contributed by atoms with E-state index in [2.05, 4.69) is 24.5 Å². The summed E-state index contributed by atoms with van der Waals surface area (Å²) in [7, 11) is 1.92. The summed E-state index contributed by atoms with van der Waals surface area (Å²) >= 11 is 0. The molecule has 3 N–H and O–H groups in total. The summed E-state index contributed by atoms with van der Waals surface area (Å²) in [5.41, 5.74) is -0.235. The summed E-state index contributed by atoms with van der Waals surface area (Å²) in [4.78, 5) is 15.3. The first-order valence-electron chi connectivity index (χ1n) is 14.6. The van der Waals surface area contributed by atoms with Gasteiger partial charge in [-0.25, -0.2) is 4.79 Å². The molecular weight excluding hydrogens is 474 g/mol. The van der Waals surface area contributed by atoms with Crippen molar-refractivity contribution < 1.29 is 14.6 Å². The molecule has 4 rings (SSSR count). The van der Waals surface area contributed by atoms with Crippen molar-refractivity contribution in [3.63, 3.8) is 0 Å². The summed E-state index contributed by atoms with van der Waals surface area (Å²) in [6, 6.07) is 17.7. The fraction of sp³-hybridized carbons (Fsp3) is 0.594. The third-order valence-electron chi connectivity index (χ3n) is 8.11. The molecule has 0 unspecified atom stereocenters. The normalized spacial score (nSPS) is 20.1. The molecule has 0 aromatic heterocycles. The van der Waals surface area contributed by atoms with Gasteiger partial charge in [0.1, 0.15) is 11.5 Å². The van der Waals surface area contributed by atoms with Crippen LogP contribution >= 0.6 is 0 Å². The Labute approximate surface area is 229 Å². The first-order valence-corrected chi connectivity index (χ1v) is 14.6. The molecule has 2 amide bonds. The lowest BCUT2D eigenvalue weighted by atomic mass is 9.73. The topological polar surface area (TPSA) is 73.8 Å². The molecule has 3 atom stereocenters. The SMILES string of the molecule is CNC[C@H](CC(C)C)NC(=O)N1CCC[C@@H]([C@@](O)(CCCC2CC2)c2ccccc2Oc2ccccc2)C1. The first-order chi connectivity index (χ1) is 18.4. The number of urea groups is 1. The Morgan fingerprint density at radius 2 is 1.84 bits per heavy atom. The van der Waals surface area contributed by atoms with Gasteiger partial charge in [0, 0.05) is 37.2 Å². The second-order valence-electron chi connectivity index (χ2n) is 11.8. The van der Waals surface area contributed by atoms with Crippen LogP contribution < -0.4 is 15.4 Å². The van der Waals surface area contributed by atoms with Gasteiger partial charge in [-0.3, -0.25) is 0 Å². The molecule has 2 aromatic rings. The number of likely N-dealkylation sites (tertiary alicyclic amines) is 1. The largest absolute Gasteiger partial charge is 0.457 e. The minimum atomic E-state index is -1.07. The average molecular weight is 522 g/mol. The number of rotatable bonds is 13. The summed E-state index contributed by atoms with van der Waals surface area (Å²) in [6.45, 7) is 6.37. The molecular formula is C32H47N3O3. The third-order valence-corrected chi connectivity index (χ3v) is 8.11. The van der Waals surface area contributed by atoms with Gasteiger partial charge in [0.15, 0.2) is 0 Å². The van der Waals surface area contributed by atoms with E-state index in [1.165, 1.54) is 12.8 Å². The van der Waals surface area contributed by atoms with Crippen molar-refractivity contribution in [1.82, 2.24) is 15.5 Å². The Bertz CT molecular complexity index is 1010. The Kier molecular flexibility index (Phi) is 10.1. The number of hydrogen-bond donors (Lipinski definition) is 3. The van der Waals surface area contributed by atoms with Crippen molar-refractivity contribution in [2.24, 2.45) is 17.8 Å². The number of piperidine rings is 1. The Morgan fingerprint density at radius 1 is 1.11 bits per heavy atom. The lowest BCUT2D eigenvalue weighted by Gasteiger charge is -2.43. The quantitative estimate of drug-likeness (QED) is 0.289. The minimum Gasteiger partial charge on any atom is -0.457 e. The number of nitrogens with one attached hydrogen (secondary N) is 2. The number of hydrogen-bond acceptors (Lipinski definition) is 4. The van der Waals surface area contributed by atoms with Crippen LogP contribution in [0.2, 0.25) is 0 Å². The second-order valence-corrected chi connectivity index (χ2v) is 11.8. The molecule has 0 bridgehead atoms. The summed E-state index contributed by atoms with van der Waals surface area (Å²) in [6.07, 6.45) is 8.12. The van der Waals surface area contributed by atoms with Crippen LogP contribution in [-0.2, 0) is 5.60 Å². The third kappa shape index (κ3) is 7.73. The van der Waals surface area contributed by atoms with E-state index in [-0.39, 0.29) is 18.0 Å². The Hall–Kier alpha value is -2.57. The van der Waals surface area contributed by atoms with Gasteiger partial charge in [0.2, 0.25) is 0 Å². The van der Waals surface area contributed by atoms with E-state index < -0.39 is 5.60 Å². The van der Waals surface area contributed by atoms with E-state index in [0.29, 0.717) is 24.6 Å². The smallest absolute Gasteiger partial charge is 0.317 e. The molecule has 1 aliphatic carbocycles. The van der Waals surface area contributed by atoms with Crippen LogP contribution in [0.15, 0.2) is 54.6 Å². The highest BCUT2D eigenvalue weighted by molar-refractivity contribution is 5.74. The molecule has 38 heavy (non-hydrogen) atoms. The van der Waals surface area contributed by atoms with Crippen molar-refractivity contribution in [2.45, 2.75) is 76.9 Å². The van der Waals surface area contributed by atoms with Crippen molar-refractivity contribution in [3.05, 3.63) is 60.2 Å². The molecule has 0 spiro atoms. The monoisotopic (exact) mass is 521 g/mol. The van der Waals surface area contributed by atoms with Gasteiger partial charge in [0.25, 0.3) is 0 Å². The van der Waals surface area contributed by atoms with Crippen LogP contribution in [0.4, 0.5) is 4.79 Å². The fourth-order valence-corrected chi connectivity index (χ4v) is 5.98. The van der Waals surface area contributed by atoms with E-state index in [4.69, 9.17) is 4.74 Å². The summed E-state index contributed by atoms with van der Waals surface area (Å²) < 4.78 is 6.32. The number of amides is 2. The molecule has 1 aliphatic heterocycles. The second kappa shape index (κ2) is 13.5. The van der Waals surface area contributed by atoms with Crippen LogP contribution in [0, 0.1) is 17.8 Å². The molecule has 208 valence electrons. The molecule has 6 nitrogen and oxygen atoms in total. The van der Waals surface area contributed by atoms with E-state index >= 15 is 0 Å². The van der Waals surface area contributed by atoms with Crippen LogP contribution in [-0.4, -0.2) is 48.8 Å². The lowest BCUT2D eigenvalue weighted by Crippen LogP contribution is -2.54. The Balaban J connectivity index is 1.55. The number of ether oxygens (including phenoxy) is 1. The summed E-state index contributed by atoms with van der Waals surface area (Å²) in [5, 5.41) is 19.0. The number of para-hydroxylation sites is 2. The average Bonchev–Trinajstić information content (AvgIpc) is 3.74. The van der Waals surface area contributed by atoms with Crippen molar-refractivity contribution in [1.29, 1.82) is 0 Å². The maximum atomic E-state index is 13.4. The molecule has 1 saturated heterocycles. The van der Waals surface area contributed by atoms with Crippen LogP contribution in [0.5, 0.6) is 11.5 Å². The predicted molar refractivity (Wildman–Crippen MR) is 153 cm³/mol. The van der Waals surface area contributed by atoms with Gasteiger partial charge in [-0.2, -0.15) is 0 Å². The molecule has 1 heterocycles. The highest BCUT2D eigenvalue weighted by Gasteiger charge is 2.43. The highest BCUT2D eigenvalue weighted by atomic mass is 16.5. The van der Waals surface area contributed by atoms with Crippen LogP contribution in [0.1, 0.15) is 70.8 Å². The fourth-order valence-electron chi connectivity index (χ4n) is 5.98. The number of carbonyl (C=O) groups is 1. The van der Waals surface area contributed by atoms with Gasteiger partial charge >= 0.3 is 6.03 Å². The highest BCUT2D eigenvalue weighted by Crippen LogP contribution is 2.45. The van der Waals surface area contributed by atoms with Gasteiger partial charge in [-0.05, 0) is 69.2 Å². The zero-order valence-corrected chi connectivity index (χ0v) is 23.5. The van der Waals surface area contributed by atoms with Gasteiger partial charge in [-0.15, -0.1) is 0 Å². The van der Waals surface area contributed by atoms with E-state index in [9.17, 15) is 9.90 Å². The zero-order chi connectivity index (χ0) is 27.0. The number of benzene rings is 2. The van der Waals surface area contributed by atoms with Crippen LogP contribution in [0.3, 0.4) is 0 Å². The lowest BCUT2D eigenvalue weighted by molar-refractivity contribution is -0.0570. The van der Waals surface area contributed by atoms with Gasteiger partial charge in [0.05, 0.1) is 5.60 Å². The molecule has 2 aliphatic rings. The number of aliphatic hydroxyl groups is 1. The Morgan fingerprint density at radius 3 is 2.55 bits per heavy atom. The summed E-state index contributed by atoms with van der Waals surface area (Å²) in [5.74, 6) is 2.70. The molecule has 2 aromatic carbocycles. The number of carbonyl (C=O) groups excluding carboxylic acids is 1. The molecule has 0 radical (unpaired) electrons. The molecule has 1 saturated carbocycles. The maximum absolute atomic E-state index is 13.4. The van der Waals surface area contributed by atoms with Crippen molar-refractivity contribution >= 4 is 6.03 Å². The van der Waals surface area contributed by atoms with E-state index in [0.717, 1.165) is 62.4 Å².